The van der Waals surface area contributed by atoms with Gasteiger partial charge in [-0.15, -0.1) is 0 Å². The molecule has 0 saturated heterocycles. The van der Waals surface area contributed by atoms with E-state index in [0.29, 0.717) is 11.0 Å². The van der Waals surface area contributed by atoms with Gasteiger partial charge < -0.3 is 18.1 Å². The van der Waals surface area contributed by atoms with Crippen molar-refractivity contribution in [2.24, 2.45) is 11.3 Å². The summed E-state index contributed by atoms with van der Waals surface area (Å²) in [5, 5.41) is 0. The Kier molecular flexibility index (Phi) is 3.62. The zero-order valence-electron chi connectivity index (χ0n) is 8.78. The van der Waals surface area contributed by atoms with Crippen molar-refractivity contribution in [2.45, 2.75) is 52.5 Å². The highest BCUT2D eigenvalue weighted by molar-refractivity contribution is 4.89. The van der Waals surface area contributed by atoms with Crippen LogP contribution in [0.1, 0.15) is 47.0 Å². The van der Waals surface area contributed by atoms with E-state index in [1.165, 1.54) is 19.3 Å². The van der Waals surface area contributed by atoms with Crippen LogP contribution in [0.3, 0.4) is 0 Å². The molecule has 1 aliphatic carbocycles. The van der Waals surface area contributed by atoms with E-state index in [1.54, 1.807) is 0 Å². The first kappa shape index (κ1) is 12.2. The van der Waals surface area contributed by atoms with Gasteiger partial charge in [0.2, 0.25) is 0 Å². The maximum Gasteiger partial charge on any atom is 0.0925 e. The second-order valence-corrected chi connectivity index (χ2v) is 5.67. The summed E-state index contributed by atoms with van der Waals surface area (Å²) in [6.07, 6.45) is 3.96. The van der Waals surface area contributed by atoms with Crippen LogP contribution in [0.15, 0.2) is 0 Å². The van der Waals surface area contributed by atoms with E-state index in [4.69, 9.17) is 0 Å². The van der Waals surface area contributed by atoms with Crippen LogP contribution in [0.4, 0.5) is 0 Å². The Morgan fingerprint density at radius 1 is 1.17 bits per heavy atom. The molecule has 0 aromatic carbocycles. The molecule has 74 valence electrons. The Bertz CT molecular complexity index is 136. The van der Waals surface area contributed by atoms with Crippen LogP contribution in [-0.2, 0) is 0 Å². The number of hydrogen-bond acceptors (Lipinski definition) is 0. The standard InChI is InChI=1S/C10H21N.ClH/c1-8-5-9(2,3)7-10(4,11)6-8;/h8H,5-7,11H2,1-4H3;1H/t8-,10-;/m0./s1. The zero-order chi connectivity index (χ0) is 8.70. The molecule has 1 nitrogen and oxygen atoms in total. The third-order valence-corrected chi connectivity index (χ3v) is 2.65. The lowest BCUT2D eigenvalue weighted by molar-refractivity contribution is -0.486. The average Bonchev–Trinajstić information content (AvgIpc) is 1.49. The summed E-state index contributed by atoms with van der Waals surface area (Å²) in [6.45, 7) is 9.38. The normalized spacial score (nSPS) is 40.2. The van der Waals surface area contributed by atoms with Crippen molar-refractivity contribution in [2.75, 3.05) is 0 Å². The maximum atomic E-state index is 4.28. The quantitative estimate of drug-likeness (QED) is 0.501. The monoisotopic (exact) mass is 191 g/mol. The van der Waals surface area contributed by atoms with E-state index < -0.39 is 0 Å². The molecule has 1 aliphatic rings. The maximum absolute atomic E-state index is 4.28. The summed E-state index contributed by atoms with van der Waals surface area (Å²) in [7, 11) is 0. The Morgan fingerprint density at radius 3 is 2.00 bits per heavy atom. The van der Waals surface area contributed by atoms with Crippen LogP contribution < -0.4 is 18.1 Å². The van der Waals surface area contributed by atoms with Crippen molar-refractivity contribution in [1.82, 2.24) is 0 Å². The van der Waals surface area contributed by atoms with Crippen molar-refractivity contribution in [3.8, 4) is 0 Å². The van der Waals surface area contributed by atoms with Gasteiger partial charge in [-0.2, -0.15) is 0 Å². The van der Waals surface area contributed by atoms with Gasteiger partial charge in [0.15, 0.2) is 0 Å². The summed E-state index contributed by atoms with van der Waals surface area (Å²) in [4.78, 5) is 0. The van der Waals surface area contributed by atoms with Crippen LogP contribution in [0.25, 0.3) is 0 Å². The minimum absolute atomic E-state index is 0. The molecule has 0 heterocycles. The van der Waals surface area contributed by atoms with Crippen molar-refractivity contribution in [3.05, 3.63) is 0 Å². The van der Waals surface area contributed by atoms with Gasteiger partial charge in [0.1, 0.15) is 0 Å². The summed E-state index contributed by atoms with van der Waals surface area (Å²) in [5.74, 6) is 0.862. The molecule has 0 aliphatic heterocycles. The van der Waals surface area contributed by atoms with Crippen LogP contribution in [0.2, 0.25) is 0 Å². The average molecular weight is 192 g/mol. The fourth-order valence-corrected chi connectivity index (χ4v) is 3.16. The molecule has 0 amide bonds. The van der Waals surface area contributed by atoms with Crippen LogP contribution in [0, 0.1) is 11.3 Å². The predicted molar refractivity (Wildman–Crippen MR) is 48.1 cm³/mol. The van der Waals surface area contributed by atoms with E-state index in [2.05, 4.69) is 33.4 Å². The molecule has 0 unspecified atom stereocenters. The first-order valence-electron chi connectivity index (χ1n) is 4.66. The highest BCUT2D eigenvalue weighted by atomic mass is 35.5. The SMILES string of the molecule is C[C@H]1CC(C)(C)C[C@@](C)([NH3+])C1.[Cl-]. The lowest BCUT2D eigenvalue weighted by Crippen LogP contribution is -3.00. The molecule has 3 N–H and O–H groups in total. The summed E-state index contributed by atoms with van der Waals surface area (Å²) < 4.78 is 0. The van der Waals surface area contributed by atoms with E-state index in [1.807, 2.05) is 0 Å². The van der Waals surface area contributed by atoms with Gasteiger partial charge in [-0.25, -0.2) is 0 Å². The molecule has 0 bridgehead atoms. The van der Waals surface area contributed by atoms with Gasteiger partial charge in [-0.1, -0.05) is 20.8 Å². The van der Waals surface area contributed by atoms with Crippen molar-refractivity contribution < 1.29 is 18.1 Å². The van der Waals surface area contributed by atoms with Gasteiger partial charge >= 0.3 is 0 Å². The van der Waals surface area contributed by atoms with Crippen molar-refractivity contribution in [3.63, 3.8) is 0 Å². The topological polar surface area (TPSA) is 27.6 Å². The van der Waals surface area contributed by atoms with Gasteiger partial charge in [0, 0.05) is 12.8 Å². The van der Waals surface area contributed by atoms with E-state index in [9.17, 15) is 0 Å². The van der Waals surface area contributed by atoms with Crippen molar-refractivity contribution >= 4 is 0 Å². The number of rotatable bonds is 0. The van der Waals surface area contributed by atoms with E-state index in [-0.39, 0.29) is 12.4 Å². The summed E-state index contributed by atoms with van der Waals surface area (Å²) in [6, 6.07) is 0. The Balaban J connectivity index is 0.00000121. The smallest absolute Gasteiger partial charge is 0.0925 e. The minimum atomic E-state index is 0. The van der Waals surface area contributed by atoms with Gasteiger partial charge in [0.25, 0.3) is 0 Å². The molecule has 1 saturated carbocycles. The minimum Gasteiger partial charge on any atom is -1.00 e. The highest BCUT2D eigenvalue weighted by Crippen LogP contribution is 2.41. The molecular weight excluding hydrogens is 170 g/mol. The molecule has 0 aromatic rings. The number of halogens is 1. The van der Waals surface area contributed by atoms with Crippen molar-refractivity contribution in [1.29, 1.82) is 0 Å². The second kappa shape index (κ2) is 3.55. The summed E-state index contributed by atoms with van der Waals surface area (Å²) in [5.41, 5.74) is 5.13. The molecule has 0 aromatic heterocycles. The largest absolute Gasteiger partial charge is 1.00 e. The molecule has 12 heavy (non-hydrogen) atoms. The Morgan fingerprint density at radius 2 is 1.67 bits per heavy atom. The van der Waals surface area contributed by atoms with Gasteiger partial charge in [0.05, 0.1) is 5.54 Å². The zero-order valence-corrected chi connectivity index (χ0v) is 9.54. The van der Waals surface area contributed by atoms with E-state index in [0.717, 1.165) is 5.92 Å². The molecule has 1 rings (SSSR count). The van der Waals surface area contributed by atoms with Gasteiger partial charge in [-0.05, 0) is 24.7 Å². The second-order valence-electron chi connectivity index (χ2n) is 5.67. The van der Waals surface area contributed by atoms with Crippen LogP contribution in [0.5, 0.6) is 0 Å². The predicted octanol–water partition coefficient (Wildman–Crippen LogP) is -1.16. The molecule has 0 radical (unpaired) electrons. The Hall–Kier alpha value is 0.250. The molecule has 1 fully saturated rings. The molecule has 0 spiro atoms. The molecular formula is C10H22ClN. The molecule has 2 heteroatoms. The summed E-state index contributed by atoms with van der Waals surface area (Å²) >= 11 is 0. The first-order valence-corrected chi connectivity index (χ1v) is 4.66. The van der Waals surface area contributed by atoms with Gasteiger partial charge in [-0.3, -0.25) is 0 Å². The van der Waals surface area contributed by atoms with Crippen LogP contribution >= 0.6 is 0 Å². The third-order valence-electron chi connectivity index (χ3n) is 2.65. The fraction of sp³-hybridized carbons (Fsp3) is 1.00. The third kappa shape index (κ3) is 3.32. The number of quaternary nitrogens is 1. The number of hydrogen-bond donors (Lipinski definition) is 1. The molecule has 2 atom stereocenters. The van der Waals surface area contributed by atoms with Crippen LogP contribution in [-0.4, -0.2) is 5.54 Å². The Labute approximate surface area is 82.5 Å². The van der Waals surface area contributed by atoms with E-state index >= 15 is 0 Å². The lowest BCUT2D eigenvalue weighted by atomic mass is 9.65. The first-order chi connectivity index (χ1) is 4.81. The lowest BCUT2D eigenvalue weighted by Gasteiger charge is -2.41. The fourth-order valence-electron chi connectivity index (χ4n) is 3.16. The highest BCUT2D eigenvalue weighted by Gasteiger charge is 2.39.